The highest BCUT2D eigenvalue weighted by molar-refractivity contribution is 7.89. The molecule has 2 rings (SSSR count). The van der Waals surface area contributed by atoms with E-state index in [0.29, 0.717) is 13.1 Å². The Morgan fingerprint density at radius 2 is 2.28 bits per heavy atom. The predicted molar refractivity (Wildman–Crippen MR) is 75.2 cm³/mol. The van der Waals surface area contributed by atoms with Crippen molar-refractivity contribution in [3.05, 3.63) is 22.4 Å². The maximum Gasteiger partial charge on any atom is 0.215 e. The average Bonchev–Trinajstić information content (AvgIpc) is 3.03. The molecule has 0 spiro atoms. The summed E-state index contributed by atoms with van der Waals surface area (Å²) in [5.74, 6) is 0.197. The second kappa shape index (κ2) is 6.14. The van der Waals surface area contributed by atoms with Gasteiger partial charge in [-0.2, -0.15) is 4.31 Å². The summed E-state index contributed by atoms with van der Waals surface area (Å²) in [4.78, 5) is 1.12. The zero-order valence-electron chi connectivity index (χ0n) is 10.6. The van der Waals surface area contributed by atoms with Crippen molar-refractivity contribution in [1.82, 2.24) is 9.62 Å². The van der Waals surface area contributed by atoms with Gasteiger partial charge in [-0.25, -0.2) is 8.42 Å². The summed E-state index contributed by atoms with van der Waals surface area (Å²) in [6, 6.07) is 4.20. The van der Waals surface area contributed by atoms with E-state index in [4.69, 9.17) is 0 Å². The summed E-state index contributed by atoms with van der Waals surface area (Å²) < 4.78 is 26.3. The molecule has 0 aliphatic heterocycles. The minimum atomic E-state index is -3.13. The van der Waals surface area contributed by atoms with Gasteiger partial charge in [0.05, 0.1) is 5.75 Å². The second-order valence-electron chi connectivity index (χ2n) is 4.53. The molecule has 0 aromatic carbocycles. The largest absolute Gasteiger partial charge is 0.316 e. The lowest BCUT2D eigenvalue weighted by Crippen LogP contribution is -2.37. The predicted octanol–water partition coefficient (Wildman–Crippen LogP) is 1.65. The Labute approximate surface area is 113 Å². The van der Waals surface area contributed by atoms with Gasteiger partial charge in [-0.1, -0.05) is 13.0 Å². The van der Waals surface area contributed by atoms with E-state index in [1.807, 2.05) is 24.4 Å². The molecule has 6 heteroatoms. The van der Waals surface area contributed by atoms with Gasteiger partial charge in [0.25, 0.3) is 0 Å². The van der Waals surface area contributed by atoms with Crippen LogP contribution in [0.1, 0.15) is 24.6 Å². The van der Waals surface area contributed by atoms with E-state index in [1.54, 1.807) is 15.6 Å². The average molecular weight is 288 g/mol. The third-order valence-electron chi connectivity index (χ3n) is 2.99. The molecule has 1 aliphatic rings. The summed E-state index contributed by atoms with van der Waals surface area (Å²) in [6.45, 7) is 3.87. The number of thiophene rings is 1. The van der Waals surface area contributed by atoms with Crippen LogP contribution in [0.25, 0.3) is 0 Å². The molecule has 0 atom stereocenters. The number of sulfonamides is 1. The molecule has 0 radical (unpaired) electrons. The van der Waals surface area contributed by atoms with E-state index in [9.17, 15) is 8.42 Å². The highest BCUT2D eigenvalue weighted by atomic mass is 32.2. The minimum Gasteiger partial charge on any atom is -0.316 e. The van der Waals surface area contributed by atoms with Crippen molar-refractivity contribution in [2.24, 2.45) is 0 Å². The lowest BCUT2D eigenvalue weighted by molar-refractivity contribution is 0.401. The van der Waals surface area contributed by atoms with Crippen molar-refractivity contribution in [2.75, 3.05) is 18.8 Å². The van der Waals surface area contributed by atoms with Gasteiger partial charge in [0, 0.05) is 24.0 Å². The Morgan fingerprint density at radius 3 is 2.83 bits per heavy atom. The second-order valence-corrected chi connectivity index (χ2v) is 7.60. The van der Waals surface area contributed by atoms with Gasteiger partial charge in [-0.15, -0.1) is 11.3 Å². The first kappa shape index (κ1) is 14.0. The molecule has 102 valence electrons. The molecule has 1 aromatic rings. The van der Waals surface area contributed by atoms with E-state index in [2.05, 4.69) is 5.32 Å². The first-order valence-electron chi connectivity index (χ1n) is 6.36. The van der Waals surface area contributed by atoms with Gasteiger partial charge < -0.3 is 5.32 Å². The summed E-state index contributed by atoms with van der Waals surface area (Å²) >= 11 is 1.62. The van der Waals surface area contributed by atoms with Gasteiger partial charge in [0.1, 0.15) is 0 Å². The van der Waals surface area contributed by atoms with Gasteiger partial charge >= 0.3 is 0 Å². The molecule has 1 N–H and O–H groups in total. The van der Waals surface area contributed by atoms with Crippen LogP contribution in [0, 0.1) is 0 Å². The zero-order chi connectivity index (χ0) is 13.0. The van der Waals surface area contributed by atoms with Crippen molar-refractivity contribution in [3.8, 4) is 0 Å². The molecule has 1 heterocycles. The van der Waals surface area contributed by atoms with E-state index >= 15 is 0 Å². The maximum atomic E-state index is 12.3. The van der Waals surface area contributed by atoms with E-state index in [-0.39, 0.29) is 11.8 Å². The smallest absolute Gasteiger partial charge is 0.215 e. The lowest BCUT2D eigenvalue weighted by Gasteiger charge is -2.21. The molecule has 0 saturated heterocycles. The first-order chi connectivity index (χ1) is 8.63. The van der Waals surface area contributed by atoms with E-state index in [1.165, 1.54) is 0 Å². The van der Waals surface area contributed by atoms with E-state index < -0.39 is 10.0 Å². The van der Waals surface area contributed by atoms with Crippen molar-refractivity contribution < 1.29 is 8.42 Å². The third-order valence-corrected chi connectivity index (χ3v) is 5.71. The molecule has 0 unspecified atom stereocenters. The van der Waals surface area contributed by atoms with Gasteiger partial charge in [-0.3, -0.25) is 0 Å². The Hall–Kier alpha value is -0.430. The van der Waals surface area contributed by atoms with Crippen LogP contribution in [-0.4, -0.2) is 37.6 Å². The molecular formula is C12H20N2O2S2. The van der Waals surface area contributed by atoms with Crippen LogP contribution in [-0.2, 0) is 16.6 Å². The molecule has 1 fully saturated rings. The molecule has 18 heavy (non-hydrogen) atoms. The van der Waals surface area contributed by atoms with E-state index in [0.717, 1.165) is 24.3 Å². The number of hydrogen-bond donors (Lipinski definition) is 1. The van der Waals surface area contributed by atoms with Gasteiger partial charge in [0.15, 0.2) is 0 Å². The quantitative estimate of drug-likeness (QED) is 0.740. The zero-order valence-corrected chi connectivity index (χ0v) is 12.3. The molecular weight excluding hydrogens is 268 g/mol. The first-order valence-corrected chi connectivity index (χ1v) is 8.85. The Kier molecular flexibility index (Phi) is 4.77. The fourth-order valence-corrected chi connectivity index (χ4v) is 4.29. The number of nitrogens with zero attached hydrogens (tertiary/aromatic N) is 1. The third kappa shape index (κ3) is 3.78. The SMILES string of the molecule is CCNCCS(=O)(=O)N(Cc1cccs1)C1CC1. The van der Waals surface area contributed by atoms with Crippen molar-refractivity contribution in [1.29, 1.82) is 0 Å². The summed E-state index contributed by atoms with van der Waals surface area (Å²) in [7, 11) is -3.13. The maximum absolute atomic E-state index is 12.3. The topological polar surface area (TPSA) is 49.4 Å². The van der Waals surface area contributed by atoms with Crippen molar-refractivity contribution >= 4 is 21.4 Å². The molecule has 0 amide bonds. The summed E-state index contributed by atoms with van der Waals surface area (Å²) in [5.41, 5.74) is 0. The summed E-state index contributed by atoms with van der Waals surface area (Å²) in [5, 5.41) is 5.07. The van der Waals surface area contributed by atoms with Crippen LogP contribution in [0.4, 0.5) is 0 Å². The van der Waals surface area contributed by atoms with Crippen LogP contribution in [0.2, 0.25) is 0 Å². The van der Waals surface area contributed by atoms with Gasteiger partial charge in [0.2, 0.25) is 10.0 Å². The van der Waals surface area contributed by atoms with Crippen LogP contribution in [0.15, 0.2) is 17.5 Å². The van der Waals surface area contributed by atoms with Crippen LogP contribution in [0.5, 0.6) is 0 Å². The normalized spacial score (nSPS) is 16.3. The Morgan fingerprint density at radius 1 is 1.50 bits per heavy atom. The lowest BCUT2D eigenvalue weighted by atomic mass is 10.4. The molecule has 0 bridgehead atoms. The van der Waals surface area contributed by atoms with Crippen LogP contribution >= 0.6 is 11.3 Å². The molecule has 1 aliphatic carbocycles. The fraction of sp³-hybridized carbons (Fsp3) is 0.667. The number of rotatable bonds is 8. The molecule has 1 aromatic heterocycles. The minimum absolute atomic E-state index is 0.197. The molecule has 1 saturated carbocycles. The Bertz CT molecular complexity index is 452. The molecule has 4 nitrogen and oxygen atoms in total. The standard InChI is InChI=1S/C12H20N2O2S2/c1-2-13-7-9-18(15,16)14(11-5-6-11)10-12-4-3-8-17-12/h3-4,8,11,13H,2,5-7,9-10H2,1H3. The number of hydrogen-bond acceptors (Lipinski definition) is 4. The highest BCUT2D eigenvalue weighted by Gasteiger charge is 2.36. The van der Waals surface area contributed by atoms with Gasteiger partial charge in [-0.05, 0) is 30.8 Å². The van der Waals surface area contributed by atoms with Crippen molar-refractivity contribution in [3.63, 3.8) is 0 Å². The highest BCUT2D eigenvalue weighted by Crippen LogP contribution is 2.31. The monoisotopic (exact) mass is 288 g/mol. The van der Waals surface area contributed by atoms with Crippen LogP contribution < -0.4 is 5.32 Å². The number of nitrogens with one attached hydrogen (secondary N) is 1. The Balaban J connectivity index is 2.00. The van der Waals surface area contributed by atoms with Crippen LogP contribution in [0.3, 0.4) is 0 Å². The fourth-order valence-electron chi connectivity index (χ4n) is 1.87. The summed E-state index contributed by atoms with van der Waals surface area (Å²) in [6.07, 6.45) is 2.01. The van der Waals surface area contributed by atoms with Crippen molar-refractivity contribution in [2.45, 2.75) is 32.4 Å².